The Kier molecular flexibility index (Phi) is 4.57. The number of anilines is 1. The van der Waals surface area contributed by atoms with E-state index >= 15 is 0 Å². The number of aromatic amines is 1. The van der Waals surface area contributed by atoms with Gasteiger partial charge in [0.1, 0.15) is 11.4 Å². The number of nitrogens with one attached hydrogen (secondary N) is 2. The Morgan fingerprint density at radius 3 is 3.04 bits per heavy atom. The first kappa shape index (κ1) is 16.1. The van der Waals surface area contributed by atoms with Gasteiger partial charge in [-0.05, 0) is 37.5 Å². The highest BCUT2D eigenvalue weighted by Gasteiger charge is 2.21. The van der Waals surface area contributed by atoms with Crippen LogP contribution in [0.15, 0.2) is 34.1 Å². The summed E-state index contributed by atoms with van der Waals surface area (Å²) in [5.41, 5.74) is -0.409. The van der Waals surface area contributed by atoms with E-state index in [0.717, 1.165) is 29.2 Å². The topological polar surface area (TPSA) is 106 Å². The number of nitrogens with zero attached hydrogens (tertiary/aromatic N) is 2. The maximum atomic E-state index is 12.5. The predicted octanol–water partition coefficient (Wildman–Crippen LogP) is 0.671. The zero-order chi connectivity index (χ0) is 17.1. The van der Waals surface area contributed by atoms with Crippen LogP contribution in [0.2, 0.25) is 0 Å². The van der Waals surface area contributed by atoms with Crippen molar-refractivity contribution in [2.45, 2.75) is 32.4 Å². The fourth-order valence-electron chi connectivity index (χ4n) is 2.62. The molecule has 126 valence electrons. The summed E-state index contributed by atoms with van der Waals surface area (Å²) in [4.78, 5) is 43.2. The van der Waals surface area contributed by atoms with Crippen molar-refractivity contribution < 1.29 is 9.53 Å². The number of carbonyl (C=O) groups excluding carboxylic acids is 1. The van der Waals surface area contributed by atoms with Gasteiger partial charge in [0.2, 0.25) is 0 Å². The summed E-state index contributed by atoms with van der Waals surface area (Å²) in [7, 11) is 0. The molecule has 1 unspecified atom stereocenters. The lowest BCUT2D eigenvalue weighted by Gasteiger charge is -2.12. The lowest BCUT2D eigenvalue weighted by molar-refractivity contribution is 0.0941. The fourth-order valence-corrected chi connectivity index (χ4v) is 2.62. The molecule has 1 saturated heterocycles. The van der Waals surface area contributed by atoms with Crippen LogP contribution in [0.1, 0.15) is 28.8 Å². The zero-order valence-electron chi connectivity index (χ0n) is 13.2. The third-order valence-electron chi connectivity index (χ3n) is 3.87. The first-order chi connectivity index (χ1) is 11.5. The maximum Gasteiger partial charge on any atom is 0.328 e. The Balaban J connectivity index is 1.86. The molecule has 2 aromatic heterocycles. The maximum absolute atomic E-state index is 12.5. The molecule has 1 aliphatic heterocycles. The van der Waals surface area contributed by atoms with Crippen LogP contribution < -0.4 is 16.6 Å². The van der Waals surface area contributed by atoms with Crippen LogP contribution in [0.4, 0.5) is 5.82 Å². The van der Waals surface area contributed by atoms with E-state index in [2.05, 4.69) is 15.3 Å². The van der Waals surface area contributed by atoms with Gasteiger partial charge in [0.25, 0.3) is 11.5 Å². The van der Waals surface area contributed by atoms with Gasteiger partial charge in [-0.1, -0.05) is 0 Å². The second-order valence-corrected chi connectivity index (χ2v) is 5.73. The van der Waals surface area contributed by atoms with E-state index < -0.39 is 17.2 Å². The van der Waals surface area contributed by atoms with Crippen LogP contribution in [0.3, 0.4) is 0 Å². The van der Waals surface area contributed by atoms with Gasteiger partial charge in [-0.2, -0.15) is 0 Å². The molecular formula is C16H18N4O4. The molecule has 1 fully saturated rings. The van der Waals surface area contributed by atoms with Gasteiger partial charge in [-0.15, -0.1) is 0 Å². The number of ether oxygens (including phenoxy) is 1. The molecule has 1 aliphatic rings. The van der Waals surface area contributed by atoms with Crippen molar-refractivity contribution in [3.05, 3.63) is 56.5 Å². The average molecular weight is 330 g/mol. The number of rotatable bonds is 4. The number of aromatic nitrogens is 3. The van der Waals surface area contributed by atoms with Crippen molar-refractivity contribution in [3.8, 4) is 0 Å². The number of hydrogen-bond donors (Lipinski definition) is 2. The standard InChI is InChI=1S/C16H18N4O4/c1-10-4-5-17-13(7-10)19-14(21)12-8-18-16(23)20(15(12)22)9-11-3-2-6-24-11/h4-5,7-8,11H,2-3,6,9H2,1H3,(H,18,23)(H,17,19,21). The summed E-state index contributed by atoms with van der Waals surface area (Å²) in [5.74, 6) is -0.272. The van der Waals surface area contributed by atoms with Crippen LogP contribution in [-0.4, -0.2) is 33.2 Å². The van der Waals surface area contributed by atoms with E-state index in [-0.39, 0.29) is 18.2 Å². The van der Waals surface area contributed by atoms with Crippen LogP contribution in [0.25, 0.3) is 0 Å². The van der Waals surface area contributed by atoms with Crippen molar-refractivity contribution >= 4 is 11.7 Å². The molecule has 0 saturated carbocycles. The average Bonchev–Trinajstić information content (AvgIpc) is 3.04. The second-order valence-electron chi connectivity index (χ2n) is 5.73. The minimum Gasteiger partial charge on any atom is -0.376 e. The minimum atomic E-state index is -0.639. The number of hydrogen-bond acceptors (Lipinski definition) is 5. The van der Waals surface area contributed by atoms with E-state index in [1.807, 2.05) is 6.92 Å². The fraction of sp³-hybridized carbons (Fsp3) is 0.375. The predicted molar refractivity (Wildman–Crippen MR) is 87.2 cm³/mol. The number of pyridine rings is 1. The molecule has 8 nitrogen and oxygen atoms in total. The Labute approximate surface area is 137 Å². The quantitative estimate of drug-likeness (QED) is 0.857. The third kappa shape index (κ3) is 3.43. The SMILES string of the molecule is Cc1ccnc(NC(=O)c2c[nH]c(=O)n(CC3CCCO3)c2=O)c1. The number of aryl methyl sites for hydroxylation is 1. The number of H-pyrrole nitrogens is 1. The summed E-state index contributed by atoms with van der Waals surface area (Å²) in [6, 6.07) is 3.48. The van der Waals surface area contributed by atoms with Gasteiger partial charge in [0, 0.05) is 19.0 Å². The van der Waals surface area contributed by atoms with Crippen LogP contribution >= 0.6 is 0 Å². The van der Waals surface area contributed by atoms with E-state index in [9.17, 15) is 14.4 Å². The normalized spacial score (nSPS) is 17.0. The molecule has 3 rings (SSSR count). The van der Waals surface area contributed by atoms with Gasteiger partial charge in [-0.25, -0.2) is 9.78 Å². The second kappa shape index (κ2) is 6.79. The number of carbonyl (C=O) groups is 1. The van der Waals surface area contributed by atoms with E-state index in [1.54, 1.807) is 18.3 Å². The molecule has 1 amide bonds. The van der Waals surface area contributed by atoms with Gasteiger partial charge >= 0.3 is 5.69 Å². The van der Waals surface area contributed by atoms with E-state index in [4.69, 9.17) is 4.74 Å². The molecule has 0 bridgehead atoms. The zero-order valence-corrected chi connectivity index (χ0v) is 13.2. The first-order valence-electron chi connectivity index (χ1n) is 7.73. The molecule has 8 heteroatoms. The van der Waals surface area contributed by atoms with Crippen molar-refractivity contribution in [1.29, 1.82) is 0 Å². The van der Waals surface area contributed by atoms with E-state index in [0.29, 0.717) is 12.4 Å². The molecule has 3 heterocycles. The van der Waals surface area contributed by atoms with Crippen LogP contribution in [0, 0.1) is 6.92 Å². The van der Waals surface area contributed by atoms with Gasteiger partial charge in [0.05, 0.1) is 12.6 Å². The van der Waals surface area contributed by atoms with Crippen molar-refractivity contribution in [3.63, 3.8) is 0 Å². The van der Waals surface area contributed by atoms with Gasteiger partial charge in [-0.3, -0.25) is 14.2 Å². The third-order valence-corrected chi connectivity index (χ3v) is 3.87. The monoisotopic (exact) mass is 330 g/mol. The highest BCUT2D eigenvalue weighted by atomic mass is 16.5. The highest BCUT2D eigenvalue weighted by Crippen LogP contribution is 2.12. The largest absolute Gasteiger partial charge is 0.376 e. The Hall–Kier alpha value is -2.74. The van der Waals surface area contributed by atoms with Crippen LogP contribution in [0.5, 0.6) is 0 Å². The Bertz CT molecular complexity index is 865. The van der Waals surface area contributed by atoms with Crippen molar-refractivity contribution in [2.75, 3.05) is 11.9 Å². The summed E-state index contributed by atoms with van der Waals surface area (Å²) < 4.78 is 6.46. The molecule has 2 aromatic rings. The van der Waals surface area contributed by atoms with Crippen molar-refractivity contribution in [1.82, 2.24) is 14.5 Å². The van der Waals surface area contributed by atoms with Gasteiger partial charge < -0.3 is 15.0 Å². The summed E-state index contributed by atoms with van der Waals surface area (Å²) >= 11 is 0. The summed E-state index contributed by atoms with van der Waals surface area (Å²) in [6.45, 7) is 2.63. The van der Waals surface area contributed by atoms with Crippen molar-refractivity contribution in [2.24, 2.45) is 0 Å². The molecule has 2 N–H and O–H groups in total. The molecule has 1 atom stereocenters. The van der Waals surface area contributed by atoms with E-state index in [1.165, 1.54) is 0 Å². The molecule has 24 heavy (non-hydrogen) atoms. The highest BCUT2D eigenvalue weighted by molar-refractivity contribution is 6.03. The smallest absolute Gasteiger partial charge is 0.328 e. The first-order valence-corrected chi connectivity index (χ1v) is 7.73. The molecule has 0 aliphatic carbocycles. The molecular weight excluding hydrogens is 312 g/mol. The minimum absolute atomic E-state index is 0.137. The summed E-state index contributed by atoms with van der Waals surface area (Å²) in [6.07, 6.45) is 4.20. The molecule has 0 aromatic carbocycles. The Morgan fingerprint density at radius 2 is 2.33 bits per heavy atom. The summed E-state index contributed by atoms with van der Waals surface area (Å²) in [5, 5.41) is 2.56. The van der Waals surface area contributed by atoms with Gasteiger partial charge in [0.15, 0.2) is 0 Å². The lowest BCUT2D eigenvalue weighted by atomic mass is 10.2. The number of amides is 1. The Morgan fingerprint density at radius 1 is 1.50 bits per heavy atom. The van der Waals surface area contributed by atoms with Crippen LogP contribution in [-0.2, 0) is 11.3 Å². The molecule has 0 radical (unpaired) electrons. The lowest BCUT2D eigenvalue weighted by Crippen LogP contribution is -2.41. The molecule has 0 spiro atoms.